The number of hydrogen-bond acceptors (Lipinski definition) is 3. The van der Waals surface area contributed by atoms with Gasteiger partial charge in [-0.05, 0) is 17.5 Å². The Morgan fingerprint density at radius 2 is 1.77 bits per heavy atom. The molecule has 0 saturated carbocycles. The van der Waals surface area contributed by atoms with E-state index in [1.807, 2.05) is 36.4 Å². The van der Waals surface area contributed by atoms with Crippen molar-refractivity contribution in [2.45, 2.75) is 6.42 Å². The first-order chi connectivity index (χ1) is 10.7. The van der Waals surface area contributed by atoms with Crippen LogP contribution in [0.25, 0.3) is 5.70 Å². The van der Waals surface area contributed by atoms with Crippen LogP contribution in [0.2, 0.25) is 0 Å². The molecule has 0 aromatic heterocycles. The third kappa shape index (κ3) is 4.24. The Bertz CT molecular complexity index is 674. The molecule has 0 saturated heterocycles. The molecule has 4 nitrogen and oxygen atoms in total. The number of hydrogen-bond donors (Lipinski definition) is 4. The van der Waals surface area contributed by atoms with E-state index in [1.54, 1.807) is 6.08 Å². The molecule has 0 spiro atoms. The molecule has 0 unspecified atom stereocenters. The van der Waals surface area contributed by atoms with Gasteiger partial charge in [0.25, 0.3) is 0 Å². The van der Waals surface area contributed by atoms with Gasteiger partial charge in [-0.25, -0.2) is 0 Å². The van der Waals surface area contributed by atoms with E-state index in [2.05, 4.69) is 35.6 Å². The Kier molecular flexibility index (Phi) is 5.37. The molecule has 0 radical (unpaired) electrons. The molecule has 2 rings (SSSR count). The molecule has 2 aromatic rings. The number of rotatable bonds is 7. The monoisotopic (exact) mass is 292 g/mol. The van der Waals surface area contributed by atoms with Gasteiger partial charge in [-0.2, -0.15) is 0 Å². The van der Waals surface area contributed by atoms with Gasteiger partial charge >= 0.3 is 0 Å². The van der Waals surface area contributed by atoms with Gasteiger partial charge < -0.3 is 16.6 Å². The molecule has 0 amide bonds. The van der Waals surface area contributed by atoms with Crippen molar-refractivity contribution in [1.29, 1.82) is 5.41 Å². The zero-order chi connectivity index (χ0) is 15.8. The molecule has 2 aromatic carbocycles. The summed E-state index contributed by atoms with van der Waals surface area (Å²) in [7, 11) is 0. The van der Waals surface area contributed by atoms with Gasteiger partial charge in [0.15, 0.2) is 0 Å². The highest BCUT2D eigenvalue weighted by molar-refractivity contribution is 5.95. The van der Waals surface area contributed by atoms with Crippen LogP contribution in [-0.4, -0.2) is 5.84 Å². The van der Waals surface area contributed by atoms with Crippen LogP contribution in [0.1, 0.15) is 16.7 Å². The minimum absolute atomic E-state index is 0.0112. The lowest BCUT2D eigenvalue weighted by molar-refractivity contribution is 0.797. The molecule has 0 aliphatic carbocycles. The van der Waals surface area contributed by atoms with Gasteiger partial charge in [0.1, 0.15) is 5.84 Å². The first kappa shape index (κ1) is 15.4. The maximum absolute atomic E-state index is 7.51. The van der Waals surface area contributed by atoms with Crippen molar-refractivity contribution in [1.82, 2.24) is 10.9 Å². The molecular weight excluding hydrogens is 272 g/mol. The van der Waals surface area contributed by atoms with Crippen LogP contribution in [0.5, 0.6) is 0 Å². The zero-order valence-corrected chi connectivity index (χ0v) is 12.3. The van der Waals surface area contributed by atoms with E-state index in [0.29, 0.717) is 0 Å². The number of amidine groups is 1. The van der Waals surface area contributed by atoms with E-state index in [9.17, 15) is 0 Å². The Morgan fingerprint density at radius 3 is 2.45 bits per heavy atom. The first-order valence-corrected chi connectivity index (χ1v) is 7.01. The highest BCUT2D eigenvalue weighted by Gasteiger charge is 2.08. The summed E-state index contributed by atoms with van der Waals surface area (Å²) in [6, 6.07) is 18.3. The quantitative estimate of drug-likeness (QED) is 0.360. The molecule has 0 aliphatic heterocycles. The van der Waals surface area contributed by atoms with E-state index in [1.165, 1.54) is 11.8 Å². The van der Waals surface area contributed by atoms with E-state index in [0.717, 1.165) is 23.2 Å². The molecule has 4 heteroatoms. The van der Waals surface area contributed by atoms with Crippen LogP contribution in [0.4, 0.5) is 0 Å². The maximum atomic E-state index is 7.51. The second kappa shape index (κ2) is 7.69. The highest BCUT2D eigenvalue weighted by Crippen LogP contribution is 2.20. The van der Waals surface area contributed by atoms with Crippen molar-refractivity contribution in [3.8, 4) is 0 Å². The SMILES string of the molecule is C=CNN/C(=C\C(=N)N)c1ccccc1Cc1ccccc1. The molecule has 0 bridgehead atoms. The Morgan fingerprint density at radius 1 is 1.09 bits per heavy atom. The lowest BCUT2D eigenvalue weighted by Gasteiger charge is -2.15. The van der Waals surface area contributed by atoms with Gasteiger partial charge in [0, 0.05) is 17.8 Å². The molecule has 0 atom stereocenters. The third-order valence-electron chi connectivity index (χ3n) is 3.15. The average Bonchev–Trinajstić information content (AvgIpc) is 2.53. The highest BCUT2D eigenvalue weighted by atomic mass is 15.3. The summed E-state index contributed by atoms with van der Waals surface area (Å²) in [5.74, 6) is -0.0112. The van der Waals surface area contributed by atoms with Crippen molar-refractivity contribution < 1.29 is 0 Å². The van der Waals surface area contributed by atoms with Crippen LogP contribution in [-0.2, 0) is 6.42 Å². The summed E-state index contributed by atoms with van der Waals surface area (Å²) in [4.78, 5) is 0. The number of nitrogens with two attached hydrogens (primary N) is 1. The minimum atomic E-state index is -0.0112. The Hall–Kier alpha value is -3.01. The fourth-order valence-corrected chi connectivity index (χ4v) is 2.22. The largest absolute Gasteiger partial charge is 0.384 e. The van der Waals surface area contributed by atoms with Crippen LogP contribution in [0, 0.1) is 5.41 Å². The van der Waals surface area contributed by atoms with Crippen LogP contribution in [0.3, 0.4) is 0 Å². The van der Waals surface area contributed by atoms with Gasteiger partial charge in [0.05, 0.1) is 5.70 Å². The van der Waals surface area contributed by atoms with Crippen molar-refractivity contribution in [3.05, 3.63) is 90.1 Å². The fraction of sp³-hybridized carbons (Fsp3) is 0.0556. The van der Waals surface area contributed by atoms with Crippen molar-refractivity contribution >= 4 is 11.5 Å². The average molecular weight is 292 g/mol. The topological polar surface area (TPSA) is 73.9 Å². The van der Waals surface area contributed by atoms with Crippen molar-refractivity contribution in [2.24, 2.45) is 5.73 Å². The molecule has 112 valence electrons. The molecular formula is C18H20N4. The maximum Gasteiger partial charge on any atom is 0.117 e. The lowest BCUT2D eigenvalue weighted by atomic mass is 9.97. The first-order valence-electron chi connectivity index (χ1n) is 7.01. The van der Waals surface area contributed by atoms with Crippen molar-refractivity contribution in [2.75, 3.05) is 0 Å². The van der Waals surface area contributed by atoms with Crippen molar-refractivity contribution in [3.63, 3.8) is 0 Å². The predicted octanol–water partition coefficient (Wildman–Crippen LogP) is 2.79. The van der Waals surface area contributed by atoms with Gasteiger partial charge in [0.2, 0.25) is 0 Å². The third-order valence-corrected chi connectivity index (χ3v) is 3.15. The summed E-state index contributed by atoms with van der Waals surface area (Å²) in [5.41, 5.74) is 15.5. The van der Waals surface area contributed by atoms with Gasteiger partial charge in [-0.1, -0.05) is 61.2 Å². The standard InChI is InChI=1S/C18H20N4/c1-2-21-22-17(13-18(19)20)16-11-7-6-10-15(16)12-14-8-4-3-5-9-14/h2-11,13,21-22H,1,12H2,(H3,19,20)/b17-13-. The van der Waals surface area contributed by atoms with Gasteiger partial charge in [-0.3, -0.25) is 5.41 Å². The molecule has 5 N–H and O–H groups in total. The van der Waals surface area contributed by atoms with E-state index in [-0.39, 0.29) is 5.84 Å². The molecule has 22 heavy (non-hydrogen) atoms. The molecule has 0 heterocycles. The zero-order valence-electron chi connectivity index (χ0n) is 12.3. The normalized spacial score (nSPS) is 10.8. The summed E-state index contributed by atoms with van der Waals surface area (Å²) in [5, 5.41) is 7.51. The minimum Gasteiger partial charge on any atom is -0.384 e. The predicted molar refractivity (Wildman–Crippen MR) is 92.0 cm³/mol. The van der Waals surface area contributed by atoms with Crippen LogP contribution < -0.4 is 16.6 Å². The number of hydrazine groups is 1. The lowest BCUT2D eigenvalue weighted by Crippen LogP contribution is -2.26. The second-order valence-electron chi connectivity index (χ2n) is 4.81. The number of nitrogens with one attached hydrogen (secondary N) is 3. The summed E-state index contributed by atoms with van der Waals surface area (Å²) < 4.78 is 0. The smallest absolute Gasteiger partial charge is 0.117 e. The summed E-state index contributed by atoms with van der Waals surface area (Å²) >= 11 is 0. The number of benzene rings is 2. The molecule has 0 aliphatic rings. The van der Waals surface area contributed by atoms with Crippen LogP contribution in [0.15, 0.2) is 73.5 Å². The second-order valence-corrected chi connectivity index (χ2v) is 4.81. The fourth-order valence-electron chi connectivity index (χ4n) is 2.22. The van der Waals surface area contributed by atoms with E-state index >= 15 is 0 Å². The Labute approximate surface area is 130 Å². The van der Waals surface area contributed by atoms with Crippen LogP contribution >= 0.6 is 0 Å². The Balaban J connectivity index is 2.36. The van der Waals surface area contributed by atoms with Gasteiger partial charge in [-0.15, -0.1) is 0 Å². The van der Waals surface area contributed by atoms with E-state index in [4.69, 9.17) is 11.1 Å². The summed E-state index contributed by atoms with van der Waals surface area (Å²) in [6.07, 6.45) is 3.93. The molecule has 0 fully saturated rings. The summed E-state index contributed by atoms with van der Waals surface area (Å²) in [6.45, 7) is 3.61. The van der Waals surface area contributed by atoms with E-state index < -0.39 is 0 Å².